The van der Waals surface area contributed by atoms with Crippen LogP contribution in [0, 0.1) is 5.92 Å². The molecule has 1 aliphatic carbocycles. The van der Waals surface area contributed by atoms with Gasteiger partial charge in [0.2, 0.25) is 5.95 Å². The van der Waals surface area contributed by atoms with Crippen molar-refractivity contribution >= 4 is 44.9 Å². The van der Waals surface area contributed by atoms with Crippen LogP contribution in [0.5, 0.6) is 0 Å². The predicted molar refractivity (Wildman–Crippen MR) is 114 cm³/mol. The summed E-state index contributed by atoms with van der Waals surface area (Å²) < 4.78 is 0.986. The van der Waals surface area contributed by atoms with Crippen molar-refractivity contribution in [3.05, 3.63) is 29.4 Å². The molecule has 3 unspecified atom stereocenters. The van der Waals surface area contributed by atoms with Gasteiger partial charge in [0.05, 0.1) is 15.8 Å². The molecule has 1 aromatic carbocycles. The molecule has 5 N–H and O–H groups in total. The standard InChI is InChI=1S/C19H22ClN5O3S/c1-2-21-18-23-15(20)13(17-22-11-5-3-4-6-12(11)29-17)16(24-18)25-19(28)8-7-10(9-26)14(19)27/h3-6,10,14,26-28H,2,7-9H2,1H3,(H2,21,23,24,25). The van der Waals surface area contributed by atoms with Crippen LogP contribution in [0.2, 0.25) is 5.15 Å². The number of aliphatic hydroxyl groups is 3. The third-order valence-corrected chi connectivity index (χ3v) is 6.44. The molecule has 0 amide bonds. The number of fused-ring (bicyclic) bond motifs is 1. The number of halogens is 1. The fraction of sp³-hybridized carbons (Fsp3) is 0.421. The number of thiazole rings is 1. The number of anilines is 2. The zero-order chi connectivity index (χ0) is 20.6. The molecule has 2 heterocycles. The molecular weight excluding hydrogens is 414 g/mol. The molecule has 1 fully saturated rings. The zero-order valence-electron chi connectivity index (χ0n) is 15.8. The molecule has 0 aliphatic heterocycles. The summed E-state index contributed by atoms with van der Waals surface area (Å²) in [5.74, 6) is 0.170. The van der Waals surface area contributed by atoms with Gasteiger partial charge in [-0.15, -0.1) is 11.3 Å². The lowest BCUT2D eigenvalue weighted by atomic mass is 10.0. The maximum absolute atomic E-state index is 11.0. The molecule has 1 saturated carbocycles. The van der Waals surface area contributed by atoms with Crippen LogP contribution in [0.25, 0.3) is 20.8 Å². The van der Waals surface area contributed by atoms with E-state index < -0.39 is 17.7 Å². The summed E-state index contributed by atoms with van der Waals surface area (Å²) in [5.41, 5.74) is -0.354. The summed E-state index contributed by atoms with van der Waals surface area (Å²) in [7, 11) is 0. The van der Waals surface area contributed by atoms with Crippen LogP contribution in [0.1, 0.15) is 19.8 Å². The molecule has 8 nitrogen and oxygen atoms in total. The quantitative estimate of drug-likeness (QED) is 0.296. The summed E-state index contributed by atoms with van der Waals surface area (Å²) in [6.45, 7) is 2.30. The number of hydrogen-bond donors (Lipinski definition) is 5. The van der Waals surface area contributed by atoms with E-state index in [4.69, 9.17) is 11.6 Å². The first kappa shape index (κ1) is 20.2. The summed E-state index contributed by atoms with van der Waals surface area (Å²) >= 11 is 7.95. The maximum atomic E-state index is 11.0. The smallest absolute Gasteiger partial charge is 0.226 e. The van der Waals surface area contributed by atoms with Crippen LogP contribution in [-0.4, -0.2) is 55.3 Å². The van der Waals surface area contributed by atoms with Crippen LogP contribution < -0.4 is 10.6 Å². The monoisotopic (exact) mass is 435 g/mol. The minimum atomic E-state index is -1.64. The van der Waals surface area contributed by atoms with E-state index in [9.17, 15) is 15.3 Å². The first-order chi connectivity index (χ1) is 13.9. The van der Waals surface area contributed by atoms with Crippen LogP contribution in [-0.2, 0) is 0 Å². The van der Waals surface area contributed by atoms with Crippen LogP contribution >= 0.6 is 22.9 Å². The van der Waals surface area contributed by atoms with E-state index in [0.717, 1.165) is 10.2 Å². The van der Waals surface area contributed by atoms with Crippen molar-refractivity contribution in [1.29, 1.82) is 0 Å². The normalized spacial score (nSPS) is 24.2. The van der Waals surface area contributed by atoms with Gasteiger partial charge in [0, 0.05) is 19.1 Å². The van der Waals surface area contributed by atoms with Crippen molar-refractivity contribution in [3.8, 4) is 10.6 Å². The molecule has 10 heteroatoms. The lowest BCUT2D eigenvalue weighted by Gasteiger charge is -2.30. The van der Waals surface area contributed by atoms with Crippen LogP contribution in [0.15, 0.2) is 24.3 Å². The fourth-order valence-corrected chi connectivity index (χ4v) is 4.89. The van der Waals surface area contributed by atoms with E-state index in [0.29, 0.717) is 29.5 Å². The van der Waals surface area contributed by atoms with Crippen molar-refractivity contribution in [1.82, 2.24) is 15.0 Å². The number of aliphatic hydroxyl groups excluding tert-OH is 2. The molecule has 29 heavy (non-hydrogen) atoms. The van der Waals surface area contributed by atoms with Gasteiger partial charge in [0.15, 0.2) is 5.72 Å². The predicted octanol–water partition coefficient (Wildman–Crippen LogP) is 2.70. The highest BCUT2D eigenvalue weighted by atomic mass is 35.5. The van der Waals surface area contributed by atoms with E-state index in [1.807, 2.05) is 31.2 Å². The Hall–Kier alpha value is -2.04. The number of benzene rings is 1. The Morgan fingerprint density at radius 1 is 1.28 bits per heavy atom. The number of nitrogens with zero attached hydrogens (tertiary/aromatic N) is 3. The van der Waals surface area contributed by atoms with Crippen LogP contribution in [0.3, 0.4) is 0 Å². The summed E-state index contributed by atoms with van der Waals surface area (Å²) in [5, 5.41) is 37.8. The van der Waals surface area contributed by atoms with Crippen LogP contribution in [0.4, 0.5) is 11.8 Å². The number of hydrogen-bond acceptors (Lipinski definition) is 9. The molecule has 154 valence electrons. The lowest BCUT2D eigenvalue weighted by Crippen LogP contribution is -2.48. The summed E-state index contributed by atoms with van der Waals surface area (Å²) in [6.07, 6.45) is -0.403. The lowest BCUT2D eigenvalue weighted by molar-refractivity contribution is -0.0545. The average molecular weight is 436 g/mol. The van der Waals surface area contributed by atoms with Crippen molar-refractivity contribution in [3.63, 3.8) is 0 Å². The Kier molecular flexibility index (Phi) is 5.58. The maximum Gasteiger partial charge on any atom is 0.226 e. The highest BCUT2D eigenvalue weighted by Gasteiger charge is 2.47. The fourth-order valence-electron chi connectivity index (χ4n) is 3.56. The number of aromatic nitrogens is 3. The molecular formula is C19H22ClN5O3S. The van der Waals surface area contributed by atoms with E-state index in [-0.39, 0.29) is 24.0 Å². The van der Waals surface area contributed by atoms with Gasteiger partial charge in [-0.2, -0.15) is 4.98 Å². The van der Waals surface area contributed by atoms with Gasteiger partial charge >= 0.3 is 0 Å². The molecule has 4 rings (SSSR count). The van der Waals surface area contributed by atoms with Gasteiger partial charge in [-0.3, -0.25) is 0 Å². The number of rotatable bonds is 6. The van der Waals surface area contributed by atoms with E-state index in [2.05, 4.69) is 25.6 Å². The highest BCUT2D eigenvalue weighted by molar-refractivity contribution is 7.21. The second-order valence-corrected chi connectivity index (χ2v) is 8.44. The van der Waals surface area contributed by atoms with E-state index in [1.165, 1.54) is 11.3 Å². The largest absolute Gasteiger partial charge is 0.396 e. The minimum Gasteiger partial charge on any atom is -0.396 e. The minimum absolute atomic E-state index is 0.187. The van der Waals surface area contributed by atoms with Gasteiger partial charge < -0.3 is 26.0 Å². The van der Waals surface area contributed by atoms with Gasteiger partial charge in [0.1, 0.15) is 22.1 Å². The second kappa shape index (κ2) is 8.00. The first-order valence-corrected chi connectivity index (χ1v) is 10.6. The van der Waals surface area contributed by atoms with E-state index >= 15 is 0 Å². The summed E-state index contributed by atoms with van der Waals surface area (Å²) in [4.78, 5) is 13.4. The highest BCUT2D eigenvalue weighted by Crippen LogP contribution is 2.42. The second-order valence-electron chi connectivity index (χ2n) is 7.05. The van der Waals surface area contributed by atoms with Gasteiger partial charge in [-0.05, 0) is 31.9 Å². The number of nitrogens with one attached hydrogen (secondary N) is 2. The molecule has 0 spiro atoms. The Balaban J connectivity index is 1.80. The first-order valence-electron chi connectivity index (χ1n) is 9.42. The summed E-state index contributed by atoms with van der Waals surface area (Å²) in [6, 6.07) is 7.71. The number of para-hydroxylation sites is 1. The van der Waals surface area contributed by atoms with E-state index in [1.54, 1.807) is 0 Å². The van der Waals surface area contributed by atoms with Crippen molar-refractivity contribution in [2.75, 3.05) is 23.8 Å². The van der Waals surface area contributed by atoms with Crippen molar-refractivity contribution in [2.45, 2.75) is 31.6 Å². The van der Waals surface area contributed by atoms with Crippen molar-refractivity contribution in [2.24, 2.45) is 5.92 Å². The Labute approximate surface area is 176 Å². The topological polar surface area (TPSA) is 123 Å². The molecule has 1 aliphatic rings. The molecule has 3 aromatic rings. The Morgan fingerprint density at radius 2 is 2.07 bits per heavy atom. The van der Waals surface area contributed by atoms with Gasteiger partial charge in [0.25, 0.3) is 0 Å². The Morgan fingerprint density at radius 3 is 2.76 bits per heavy atom. The molecule has 0 saturated heterocycles. The average Bonchev–Trinajstić information content (AvgIpc) is 3.23. The Bertz CT molecular complexity index is 999. The molecule has 2 aromatic heterocycles. The van der Waals surface area contributed by atoms with Gasteiger partial charge in [-0.1, -0.05) is 23.7 Å². The third-order valence-electron chi connectivity index (χ3n) is 5.11. The van der Waals surface area contributed by atoms with Gasteiger partial charge in [-0.25, -0.2) is 9.97 Å². The third kappa shape index (κ3) is 3.76. The SMILES string of the molecule is CCNc1nc(Cl)c(-c2nc3ccccc3s2)c(NC2(O)CCC(CO)C2O)n1. The van der Waals surface area contributed by atoms with Crippen molar-refractivity contribution < 1.29 is 15.3 Å². The molecule has 0 radical (unpaired) electrons. The molecule has 0 bridgehead atoms. The molecule has 3 atom stereocenters. The zero-order valence-corrected chi connectivity index (χ0v) is 17.3.